The lowest BCUT2D eigenvalue weighted by molar-refractivity contribution is -0.146. The van der Waals surface area contributed by atoms with Gasteiger partial charge in [0.15, 0.2) is 0 Å². The Hall–Kier alpha value is -1.85. The molecule has 0 unspecified atom stereocenters. The van der Waals surface area contributed by atoms with Gasteiger partial charge in [-0.2, -0.15) is 0 Å². The minimum Gasteiger partial charge on any atom is -0.342 e. The molecule has 142 valence electrons. The standard InChI is InChI=1S/C20H30N4O2/c1-16-21-9-13-22(16)10-2-4-18(25)24-12-8-20(15-24)7-3-11-23(19(20)26)14-17-5-6-17/h9,13,17H,2-8,10-12,14-15H2,1H3/t20-/m1/s1. The Labute approximate surface area is 155 Å². The van der Waals surface area contributed by atoms with Gasteiger partial charge in [0.1, 0.15) is 5.82 Å². The van der Waals surface area contributed by atoms with Gasteiger partial charge in [0.05, 0.1) is 5.41 Å². The molecular formula is C20H30N4O2. The van der Waals surface area contributed by atoms with E-state index in [-0.39, 0.29) is 11.3 Å². The van der Waals surface area contributed by atoms with Crippen LogP contribution in [0.5, 0.6) is 0 Å². The number of amides is 2. The van der Waals surface area contributed by atoms with Gasteiger partial charge in [0, 0.05) is 51.5 Å². The van der Waals surface area contributed by atoms with E-state index in [0.717, 1.165) is 63.6 Å². The maximum atomic E-state index is 13.1. The molecule has 0 bridgehead atoms. The Bertz CT molecular complexity index is 681. The van der Waals surface area contributed by atoms with Crippen LogP contribution in [0.1, 0.15) is 50.8 Å². The molecule has 1 aliphatic carbocycles. The number of nitrogens with zero attached hydrogens (tertiary/aromatic N) is 4. The summed E-state index contributed by atoms with van der Waals surface area (Å²) in [6.45, 7) is 6.04. The number of piperidine rings is 1. The van der Waals surface area contributed by atoms with Crippen molar-refractivity contribution in [2.45, 2.75) is 58.4 Å². The first-order valence-corrected chi connectivity index (χ1v) is 10.1. The maximum Gasteiger partial charge on any atom is 0.230 e. The monoisotopic (exact) mass is 358 g/mol. The van der Waals surface area contributed by atoms with Gasteiger partial charge in [0.25, 0.3) is 0 Å². The molecule has 1 atom stereocenters. The fraction of sp³-hybridized carbons (Fsp3) is 0.750. The van der Waals surface area contributed by atoms with Gasteiger partial charge in [-0.1, -0.05) is 0 Å². The number of aromatic nitrogens is 2. The number of hydrogen-bond donors (Lipinski definition) is 0. The Kier molecular flexibility index (Phi) is 4.76. The van der Waals surface area contributed by atoms with Crippen molar-refractivity contribution >= 4 is 11.8 Å². The van der Waals surface area contributed by atoms with Crippen LogP contribution in [0.15, 0.2) is 12.4 Å². The molecule has 2 amide bonds. The smallest absolute Gasteiger partial charge is 0.230 e. The molecule has 2 aliphatic heterocycles. The summed E-state index contributed by atoms with van der Waals surface area (Å²) in [7, 11) is 0. The molecule has 1 aromatic heterocycles. The van der Waals surface area contributed by atoms with E-state index in [4.69, 9.17) is 0 Å². The van der Waals surface area contributed by atoms with Crippen molar-refractivity contribution in [1.82, 2.24) is 19.4 Å². The lowest BCUT2D eigenvalue weighted by atomic mass is 9.78. The predicted octanol–water partition coefficient (Wildman–Crippen LogP) is 2.22. The molecule has 3 heterocycles. The largest absolute Gasteiger partial charge is 0.342 e. The maximum absolute atomic E-state index is 13.1. The molecule has 6 heteroatoms. The second-order valence-electron chi connectivity index (χ2n) is 8.42. The molecule has 0 radical (unpaired) electrons. The average molecular weight is 358 g/mol. The summed E-state index contributed by atoms with van der Waals surface area (Å²) in [6, 6.07) is 0. The van der Waals surface area contributed by atoms with Crippen LogP contribution in [-0.4, -0.2) is 57.3 Å². The van der Waals surface area contributed by atoms with E-state index >= 15 is 0 Å². The number of carbonyl (C=O) groups is 2. The molecule has 0 N–H and O–H groups in total. The van der Waals surface area contributed by atoms with Crippen LogP contribution < -0.4 is 0 Å². The average Bonchev–Trinajstić information content (AvgIpc) is 3.19. The van der Waals surface area contributed by atoms with Gasteiger partial charge < -0.3 is 14.4 Å². The predicted molar refractivity (Wildman–Crippen MR) is 98.4 cm³/mol. The van der Waals surface area contributed by atoms with E-state index in [1.165, 1.54) is 12.8 Å². The van der Waals surface area contributed by atoms with Gasteiger partial charge in [-0.25, -0.2) is 4.98 Å². The summed E-state index contributed by atoms with van der Waals surface area (Å²) in [6.07, 6.45) is 10.6. The highest BCUT2D eigenvalue weighted by Crippen LogP contribution is 2.41. The first-order chi connectivity index (χ1) is 12.6. The molecule has 0 aromatic carbocycles. The number of hydrogen-bond acceptors (Lipinski definition) is 3. The van der Waals surface area contributed by atoms with Gasteiger partial charge in [-0.3, -0.25) is 9.59 Å². The molecule has 4 rings (SSSR count). The van der Waals surface area contributed by atoms with Crippen LogP contribution in [-0.2, 0) is 16.1 Å². The Morgan fingerprint density at radius 1 is 1.31 bits per heavy atom. The zero-order valence-electron chi connectivity index (χ0n) is 15.8. The fourth-order valence-corrected chi connectivity index (χ4v) is 4.60. The minimum absolute atomic E-state index is 0.201. The van der Waals surface area contributed by atoms with Crippen LogP contribution >= 0.6 is 0 Å². The quantitative estimate of drug-likeness (QED) is 0.783. The van der Waals surface area contributed by atoms with Crippen molar-refractivity contribution in [3.05, 3.63) is 18.2 Å². The van der Waals surface area contributed by atoms with E-state index in [2.05, 4.69) is 14.5 Å². The van der Waals surface area contributed by atoms with Crippen LogP contribution in [0.3, 0.4) is 0 Å². The van der Waals surface area contributed by atoms with Crippen molar-refractivity contribution in [1.29, 1.82) is 0 Å². The molecule has 26 heavy (non-hydrogen) atoms. The van der Waals surface area contributed by atoms with Crippen LogP contribution in [0.25, 0.3) is 0 Å². The van der Waals surface area contributed by atoms with E-state index in [1.54, 1.807) is 6.20 Å². The Balaban J connectivity index is 1.30. The SMILES string of the molecule is Cc1nccn1CCCC(=O)N1CC[C@]2(CCCN(CC3CC3)C2=O)C1. The van der Waals surface area contributed by atoms with E-state index in [1.807, 2.05) is 18.0 Å². The van der Waals surface area contributed by atoms with Crippen LogP contribution in [0.2, 0.25) is 0 Å². The van der Waals surface area contributed by atoms with E-state index < -0.39 is 0 Å². The Morgan fingerprint density at radius 2 is 2.15 bits per heavy atom. The second kappa shape index (κ2) is 7.05. The highest BCUT2D eigenvalue weighted by atomic mass is 16.2. The number of aryl methyl sites for hydroxylation is 2. The summed E-state index contributed by atoms with van der Waals surface area (Å²) in [4.78, 5) is 34.0. The number of rotatable bonds is 6. The van der Waals surface area contributed by atoms with Crippen molar-refractivity contribution in [3.8, 4) is 0 Å². The van der Waals surface area contributed by atoms with Gasteiger partial charge in [-0.05, 0) is 51.4 Å². The van der Waals surface area contributed by atoms with E-state index in [0.29, 0.717) is 18.9 Å². The zero-order chi connectivity index (χ0) is 18.1. The molecule has 1 saturated carbocycles. The third-order valence-corrected chi connectivity index (χ3v) is 6.42. The second-order valence-corrected chi connectivity index (χ2v) is 8.42. The molecular weight excluding hydrogens is 328 g/mol. The summed E-state index contributed by atoms with van der Waals surface area (Å²) in [5, 5.41) is 0. The van der Waals surface area contributed by atoms with Crippen molar-refractivity contribution in [2.75, 3.05) is 26.2 Å². The van der Waals surface area contributed by atoms with E-state index in [9.17, 15) is 9.59 Å². The third-order valence-electron chi connectivity index (χ3n) is 6.42. The third kappa shape index (κ3) is 3.51. The molecule has 2 saturated heterocycles. The zero-order valence-corrected chi connectivity index (χ0v) is 15.8. The normalized spacial score (nSPS) is 26.1. The number of likely N-dealkylation sites (tertiary alicyclic amines) is 2. The fourth-order valence-electron chi connectivity index (χ4n) is 4.60. The van der Waals surface area contributed by atoms with Crippen molar-refractivity contribution in [3.63, 3.8) is 0 Å². The first-order valence-electron chi connectivity index (χ1n) is 10.1. The summed E-state index contributed by atoms with van der Waals surface area (Å²) >= 11 is 0. The molecule has 1 aromatic rings. The van der Waals surface area contributed by atoms with Crippen molar-refractivity contribution in [2.24, 2.45) is 11.3 Å². The lowest BCUT2D eigenvalue weighted by Crippen LogP contribution is -2.50. The van der Waals surface area contributed by atoms with Gasteiger partial charge in [-0.15, -0.1) is 0 Å². The van der Waals surface area contributed by atoms with Crippen LogP contribution in [0, 0.1) is 18.3 Å². The summed E-state index contributed by atoms with van der Waals surface area (Å²) in [5.74, 6) is 2.24. The van der Waals surface area contributed by atoms with Crippen molar-refractivity contribution < 1.29 is 9.59 Å². The topological polar surface area (TPSA) is 58.4 Å². The molecule has 6 nitrogen and oxygen atoms in total. The van der Waals surface area contributed by atoms with Crippen LogP contribution in [0.4, 0.5) is 0 Å². The van der Waals surface area contributed by atoms with Gasteiger partial charge >= 0.3 is 0 Å². The number of carbonyl (C=O) groups excluding carboxylic acids is 2. The summed E-state index contributed by atoms with van der Waals surface area (Å²) < 4.78 is 2.08. The molecule has 1 spiro atoms. The molecule has 3 fully saturated rings. The highest BCUT2D eigenvalue weighted by molar-refractivity contribution is 5.86. The first kappa shape index (κ1) is 17.6. The molecule has 3 aliphatic rings. The minimum atomic E-state index is -0.288. The van der Waals surface area contributed by atoms with Gasteiger partial charge in [0.2, 0.25) is 11.8 Å². The number of imidazole rings is 1. The highest BCUT2D eigenvalue weighted by Gasteiger charge is 2.49. The summed E-state index contributed by atoms with van der Waals surface area (Å²) in [5.41, 5.74) is -0.288. The lowest BCUT2D eigenvalue weighted by Gasteiger charge is -2.39. The Morgan fingerprint density at radius 3 is 2.88 bits per heavy atom.